The van der Waals surface area contributed by atoms with Crippen molar-refractivity contribution in [1.29, 1.82) is 0 Å². The van der Waals surface area contributed by atoms with E-state index in [1.165, 1.54) is 19.2 Å². The lowest BCUT2D eigenvalue weighted by Crippen LogP contribution is -2.41. The zero-order valence-corrected chi connectivity index (χ0v) is 26.0. The van der Waals surface area contributed by atoms with E-state index in [4.69, 9.17) is 20.4 Å². The number of piperidine rings is 1. The molecule has 46 heavy (non-hydrogen) atoms. The van der Waals surface area contributed by atoms with Gasteiger partial charge >= 0.3 is 5.97 Å². The van der Waals surface area contributed by atoms with E-state index >= 15 is 0 Å². The Bertz CT molecular complexity index is 2060. The van der Waals surface area contributed by atoms with Gasteiger partial charge in [0.1, 0.15) is 22.7 Å². The molecule has 4 heterocycles. The Morgan fingerprint density at radius 2 is 1.85 bits per heavy atom. The second-order valence-corrected chi connectivity index (χ2v) is 12.9. The van der Waals surface area contributed by atoms with Crippen LogP contribution >= 0.6 is 0 Å². The fourth-order valence-electron chi connectivity index (χ4n) is 7.43. The number of rotatable bonds is 7. The highest BCUT2D eigenvalue weighted by molar-refractivity contribution is 6.00. The Morgan fingerprint density at radius 3 is 2.52 bits per heavy atom. The first-order chi connectivity index (χ1) is 22.2. The third kappa shape index (κ3) is 4.47. The lowest BCUT2D eigenvalue weighted by Gasteiger charge is -2.27. The molecule has 10 nitrogen and oxygen atoms in total. The van der Waals surface area contributed by atoms with Gasteiger partial charge in [0, 0.05) is 48.7 Å². The van der Waals surface area contributed by atoms with Gasteiger partial charge in [0.2, 0.25) is 0 Å². The number of halogens is 1. The molecule has 2 bridgehead atoms. The number of ether oxygens (including phenoxy) is 2. The Balaban J connectivity index is 1.22. The number of nitrogens with two attached hydrogens (primary N) is 1. The molecule has 3 aliphatic rings. The molecule has 236 valence electrons. The molecule has 1 amide bonds. The van der Waals surface area contributed by atoms with Gasteiger partial charge in [-0.25, -0.2) is 19.2 Å². The minimum Gasteiger partial charge on any atom is -0.494 e. The number of methoxy groups -OCH3 is 2. The van der Waals surface area contributed by atoms with Crippen LogP contribution < -0.4 is 10.5 Å². The van der Waals surface area contributed by atoms with Crippen LogP contribution in [0.3, 0.4) is 0 Å². The molecule has 1 aliphatic heterocycles. The molecule has 1 saturated heterocycles. The number of imidazole rings is 1. The maximum absolute atomic E-state index is 14.8. The van der Waals surface area contributed by atoms with Crippen molar-refractivity contribution in [3.05, 3.63) is 65.5 Å². The molecule has 2 N–H and O–H groups in total. The first-order valence-corrected chi connectivity index (χ1v) is 15.8. The smallest absolute Gasteiger partial charge is 0.340 e. The SMILES string of the molecule is COC(=O)c1ccc(-c2ccc3cc(-c4nc5cc(C(=O)N6CC7CCC6[C@@H]7N)cc(OC)c5n4C)n(CC4CC4)c3n2)cc1F. The maximum Gasteiger partial charge on any atom is 0.340 e. The van der Waals surface area contributed by atoms with Gasteiger partial charge in [-0.15, -0.1) is 0 Å². The predicted molar refractivity (Wildman–Crippen MR) is 171 cm³/mol. The highest BCUT2D eigenvalue weighted by atomic mass is 19.1. The number of nitrogens with zero attached hydrogens (tertiary/aromatic N) is 5. The lowest BCUT2D eigenvalue weighted by atomic mass is 10.1. The fourth-order valence-corrected chi connectivity index (χ4v) is 7.43. The van der Waals surface area contributed by atoms with Crippen molar-refractivity contribution < 1.29 is 23.5 Å². The fraction of sp³-hybridized carbons (Fsp3) is 0.371. The first-order valence-electron chi connectivity index (χ1n) is 15.8. The van der Waals surface area contributed by atoms with Crippen molar-refractivity contribution in [3.8, 4) is 28.5 Å². The van der Waals surface area contributed by atoms with E-state index in [1.807, 2.05) is 40.8 Å². The summed E-state index contributed by atoms with van der Waals surface area (Å²) in [6.07, 6.45) is 4.30. The highest BCUT2D eigenvalue weighted by Gasteiger charge is 2.47. The molecule has 2 saturated carbocycles. The molecule has 11 heteroatoms. The number of esters is 1. The van der Waals surface area contributed by atoms with Crippen LogP contribution in [0, 0.1) is 17.7 Å². The number of benzene rings is 2. The zero-order chi connectivity index (χ0) is 31.9. The minimum atomic E-state index is -0.724. The second-order valence-electron chi connectivity index (χ2n) is 12.9. The number of fused-ring (bicyclic) bond motifs is 4. The van der Waals surface area contributed by atoms with Crippen molar-refractivity contribution in [1.82, 2.24) is 24.0 Å². The maximum atomic E-state index is 14.8. The third-order valence-corrected chi connectivity index (χ3v) is 10.1. The molecule has 2 aromatic carbocycles. The standard InChI is InChI=1S/C35H35FN6O4/c1-40-31-26(13-22(15-29(31)45-2)34(43)42-17-21-8-11-27(42)30(21)37)39-33(40)28-14-20-7-10-25(38-32(20)41(28)16-18-4-5-18)19-6-9-23(24(36)12-19)35(44)46-3/h6-7,9-10,12-15,18,21,27,30H,4-5,8,11,16-17,37H2,1-3H3/t21?,27?,30-/m1/s1. The highest BCUT2D eigenvalue weighted by Crippen LogP contribution is 2.40. The monoisotopic (exact) mass is 622 g/mol. The van der Waals surface area contributed by atoms with Gasteiger partial charge in [-0.2, -0.15) is 0 Å². The van der Waals surface area contributed by atoms with Crippen LogP contribution in [0.4, 0.5) is 4.39 Å². The minimum absolute atomic E-state index is 0.0364. The Morgan fingerprint density at radius 1 is 1.02 bits per heavy atom. The van der Waals surface area contributed by atoms with Gasteiger partial charge < -0.3 is 29.2 Å². The largest absolute Gasteiger partial charge is 0.494 e. The summed E-state index contributed by atoms with van der Waals surface area (Å²) in [5.74, 6) is 0.789. The van der Waals surface area contributed by atoms with Crippen molar-refractivity contribution in [2.24, 2.45) is 24.6 Å². The molecule has 0 spiro atoms. The molecule has 3 aromatic heterocycles. The van der Waals surface area contributed by atoms with Gasteiger partial charge in [-0.1, -0.05) is 6.07 Å². The first kappa shape index (κ1) is 28.7. The number of carbonyl (C=O) groups excluding carboxylic acids is 2. The molecular formula is C35H35FN6O4. The van der Waals surface area contributed by atoms with Gasteiger partial charge in [-0.3, -0.25) is 4.79 Å². The van der Waals surface area contributed by atoms with E-state index < -0.39 is 11.8 Å². The molecule has 3 fully saturated rings. The van der Waals surface area contributed by atoms with E-state index in [2.05, 4.69) is 15.4 Å². The molecule has 5 aromatic rings. The van der Waals surface area contributed by atoms with Crippen LogP contribution in [0.5, 0.6) is 5.75 Å². The van der Waals surface area contributed by atoms with Crippen LogP contribution in [0.15, 0.2) is 48.5 Å². The number of aromatic nitrogens is 4. The summed E-state index contributed by atoms with van der Waals surface area (Å²) < 4.78 is 29.5. The number of amides is 1. The van der Waals surface area contributed by atoms with Crippen LogP contribution in [-0.4, -0.2) is 68.7 Å². The van der Waals surface area contributed by atoms with E-state index in [0.717, 1.165) is 60.3 Å². The molecule has 8 rings (SSSR count). The normalized spacial score (nSPS) is 20.6. The summed E-state index contributed by atoms with van der Waals surface area (Å²) in [4.78, 5) is 37.6. The molecule has 3 atom stereocenters. The van der Waals surface area contributed by atoms with E-state index in [-0.39, 0.29) is 23.6 Å². The summed E-state index contributed by atoms with van der Waals surface area (Å²) >= 11 is 0. The van der Waals surface area contributed by atoms with E-state index in [9.17, 15) is 14.0 Å². The number of hydrogen-bond acceptors (Lipinski definition) is 7. The van der Waals surface area contributed by atoms with Crippen LogP contribution in [0.1, 0.15) is 46.4 Å². The average Bonchev–Trinajstić information content (AvgIpc) is 3.47. The van der Waals surface area contributed by atoms with Crippen molar-refractivity contribution in [3.63, 3.8) is 0 Å². The number of carbonyl (C=O) groups is 2. The van der Waals surface area contributed by atoms with E-state index in [0.29, 0.717) is 46.5 Å². The number of aryl methyl sites for hydroxylation is 1. The van der Waals surface area contributed by atoms with Gasteiger partial charge in [0.25, 0.3) is 5.91 Å². The van der Waals surface area contributed by atoms with Crippen LogP contribution in [0.25, 0.3) is 44.8 Å². The summed E-state index contributed by atoms with van der Waals surface area (Å²) in [6.45, 7) is 1.46. The molecular weight excluding hydrogens is 587 g/mol. The van der Waals surface area contributed by atoms with Crippen LogP contribution in [-0.2, 0) is 18.3 Å². The second kappa shape index (κ2) is 10.7. The quantitative estimate of drug-likeness (QED) is 0.249. The third-order valence-electron chi connectivity index (χ3n) is 10.1. The van der Waals surface area contributed by atoms with E-state index in [1.54, 1.807) is 13.2 Å². The molecule has 0 radical (unpaired) electrons. The zero-order valence-electron chi connectivity index (χ0n) is 26.0. The topological polar surface area (TPSA) is 118 Å². The summed E-state index contributed by atoms with van der Waals surface area (Å²) in [7, 11) is 4.79. The predicted octanol–water partition coefficient (Wildman–Crippen LogP) is 5.16. The van der Waals surface area contributed by atoms with Crippen molar-refractivity contribution >= 4 is 33.9 Å². The average molecular weight is 623 g/mol. The number of hydrogen-bond donors (Lipinski definition) is 1. The Labute approximate surface area is 264 Å². The van der Waals surface area contributed by atoms with Gasteiger partial charge in [-0.05, 0) is 80.0 Å². The van der Waals surface area contributed by atoms with Crippen LogP contribution in [0.2, 0.25) is 0 Å². The molecule has 2 unspecified atom stereocenters. The number of pyridine rings is 1. The number of likely N-dealkylation sites (tertiary alicyclic amines) is 1. The summed E-state index contributed by atoms with van der Waals surface area (Å²) in [6, 6.07) is 14.1. The summed E-state index contributed by atoms with van der Waals surface area (Å²) in [5.41, 5.74) is 11.1. The van der Waals surface area contributed by atoms with Crippen molar-refractivity contribution in [2.75, 3.05) is 20.8 Å². The lowest BCUT2D eigenvalue weighted by molar-refractivity contribution is 0.0595. The van der Waals surface area contributed by atoms with Gasteiger partial charge in [0.05, 0.1) is 36.7 Å². The van der Waals surface area contributed by atoms with Gasteiger partial charge in [0.15, 0.2) is 5.82 Å². The molecule has 2 aliphatic carbocycles. The Kier molecular flexibility index (Phi) is 6.64. The van der Waals surface area contributed by atoms with Crippen molar-refractivity contribution in [2.45, 2.75) is 44.3 Å². The summed E-state index contributed by atoms with van der Waals surface area (Å²) in [5, 5.41) is 0.932. The Hall–Kier alpha value is -4.77.